The van der Waals surface area contributed by atoms with Crippen molar-refractivity contribution >= 4 is 5.69 Å². The summed E-state index contributed by atoms with van der Waals surface area (Å²) in [5, 5.41) is 10.5. The Balaban J connectivity index is 1.48. The average molecular weight is 415 g/mol. The number of hydrogen-bond acceptors (Lipinski definition) is 5. The minimum absolute atomic E-state index is 0.204. The van der Waals surface area contributed by atoms with Gasteiger partial charge in [0.2, 0.25) is 0 Å². The number of β-amino-alcohol motifs (C(OH)–C–C–N with tert-alkyl or cyclic N) is 1. The van der Waals surface area contributed by atoms with Gasteiger partial charge in [0.25, 0.3) is 0 Å². The fourth-order valence-electron chi connectivity index (χ4n) is 3.73. The molecule has 1 aliphatic rings. The summed E-state index contributed by atoms with van der Waals surface area (Å²) in [7, 11) is 1.61. The second kappa shape index (κ2) is 11.0. The Hall–Kier alpha value is -2.57. The molecule has 2 aromatic carbocycles. The quantitative estimate of drug-likeness (QED) is 0.636. The van der Waals surface area contributed by atoms with E-state index < -0.39 is 6.10 Å². The first-order valence-corrected chi connectivity index (χ1v) is 10.4. The van der Waals surface area contributed by atoms with E-state index in [1.165, 1.54) is 12.1 Å². The molecule has 1 fully saturated rings. The van der Waals surface area contributed by atoms with Gasteiger partial charge in [-0.2, -0.15) is 0 Å². The molecule has 1 N–H and O–H groups in total. The number of aliphatic hydroxyl groups is 1. The van der Waals surface area contributed by atoms with Gasteiger partial charge in [-0.25, -0.2) is 4.39 Å². The van der Waals surface area contributed by atoms with E-state index in [1.54, 1.807) is 7.11 Å². The van der Waals surface area contributed by atoms with Crippen LogP contribution in [-0.2, 0) is 6.42 Å². The number of methoxy groups -OCH3 is 1. The molecule has 0 radical (unpaired) electrons. The van der Waals surface area contributed by atoms with E-state index in [0.29, 0.717) is 18.0 Å². The van der Waals surface area contributed by atoms with Crippen molar-refractivity contribution in [3.8, 4) is 11.5 Å². The largest absolute Gasteiger partial charge is 0.493 e. The summed E-state index contributed by atoms with van der Waals surface area (Å²) in [5.41, 5.74) is 2.14. The first kappa shape index (κ1) is 22.1. The number of anilines is 1. The van der Waals surface area contributed by atoms with Crippen molar-refractivity contribution in [1.29, 1.82) is 0 Å². The van der Waals surface area contributed by atoms with E-state index >= 15 is 0 Å². The van der Waals surface area contributed by atoms with Crippen LogP contribution in [0.25, 0.3) is 0 Å². The zero-order valence-electron chi connectivity index (χ0n) is 17.6. The van der Waals surface area contributed by atoms with Gasteiger partial charge in [0.15, 0.2) is 11.5 Å². The van der Waals surface area contributed by atoms with E-state index in [9.17, 15) is 9.50 Å². The Morgan fingerprint density at radius 3 is 2.63 bits per heavy atom. The van der Waals surface area contributed by atoms with Crippen LogP contribution in [0, 0.1) is 5.82 Å². The highest BCUT2D eigenvalue weighted by atomic mass is 19.1. The second-order valence-corrected chi connectivity index (χ2v) is 7.56. The van der Waals surface area contributed by atoms with Crippen molar-refractivity contribution in [2.45, 2.75) is 18.9 Å². The summed E-state index contributed by atoms with van der Waals surface area (Å²) in [6.07, 6.45) is 3.00. The molecule has 1 unspecified atom stereocenters. The molecule has 1 aliphatic heterocycles. The van der Waals surface area contributed by atoms with Crippen molar-refractivity contribution in [2.75, 3.05) is 51.3 Å². The number of allylic oxidation sites excluding steroid dienone is 1. The molecule has 0 amide bonds. The van der Waals surface area contributed by atoms with Crippen LogP contribution in [0.3, 0.4) is 0 Å². The van der Waals surface area contributed by atoms with Crippen molar-refractivity contribution in [3.05, 3.63) is 66.5 Å². The molecule has 5 nitrogen and oxygen atoms in total. The Morgan fingerprint density at radius 1 is 1.10 bits per heavy atom. The van der Waals surface area contributed by atoms with Crippen LogP contribution >= 0.6 is 0 Å². The van der Waals surface area contributed by atoms with Crippen molar-refractivity contribution in [1.82, 2.24) is 4.90 Å². The fourth-order valence-corrected chi connectivity index (χ4v) is 3.73. The molecular formula is C24H31FN2O3. The van der Waals surface area contributed by atoms with E-state index in [0.717, 1.165) is 50.3 Å². The summed E-state index contributed by atoms with van der Waals surface area (Å²) in [4.78, 5) is 4.51. The first-order valence-electron chi connectivity index (χ1n) is 10.4. The minimum Gasteiger partial charge on any atom is -0.493 e. The topological polar surface area (TPSA) is 45.2 Å². The van der Waals surface area contributed by atoms with Gasteiger partial charge in [-0.05, 0) is 61.3 Å². The lowest BCUT2D eigenvalue weighted by Crippen LogP contribution is -2.38. The van der Waals surface area contributed by atoms with Gasteiger partial charge in [-0.1, -0.05) is 12.1 Å². The summed E-state index contributed by atoms with van der Waals surface area (Å²) < 4.78 is 24.4. The van der Waals surface area contributed by atoms with E-state index in [-0.39, 0.29) is 12.4 Å². The SMILES string of the molecule is C=CCc1ccc(OCC(O)CN2CCCN(c3ccc(F)cc3)CC2)c(OC)c1. The smallest absolute Gasteiger partial charge is 0.161 e. The van der Waals surface area contributed by atoms with Gasteiger partial charge in [0.1, 0.15) is 18.5 Å². The third-order valence-corrected chi connectivity index (χ3v) is 5.29. The molecule has 6 heteroatoms. The van der Waals surface area contributed by atoms with Crippen molar-refractivity contribution < 1.29 is 19.0 Å². The standard InChI is InChI=1S/C24H31FN2O3/c1-3-5-19-6-11-23(24(16-19)29-2)30-18-22(28)17-26-12-4-13-27(15-14-26)21-9-7-20(25)8-10-21/h3,6-11,16,22,28H,1,4-5,12-15,17-18H2,2H3. The highest BCUT2D eigenvalue weighted by Crippen LogP contribution is 2.28. The zero-order chi connectivity index (χ0) is 21.3. The third-order valence-electron chi connectivity index (χ3n) is 5.29. The number of halogens is 1. The van der Waals surface area contributed by atoms with Crippen LogP contribution in [-0.4, -0.2) is 62.6 Å². The van der Waals surface area contributed by atoms with Crippen LogP contribution in [0.2, 0.25) is 0 Å². The fraction of sp³-hybridized carbons (Fsp3) is 0.417. The maximum absolute atomic E-state index is 13.2. The van der Waals surface area contributed by atoms with Gasteiger partial charge in [-0.15, -0.1) is 6.58 Å². The minimum atomic E-state index is -0.597. The molecule has 162 valence electrons. The van der Waals surface area contributed by atoms with Gasteiger partial charge >= 0.3 is 0 Å². The maximum atomic E-state index is 13.2. The summed E-state index contributed by atoms with van der Waals surface area (Å²) in [5.74, 6) is 1.07. The third kappa shape index (κ3) is 6.21. The van der Waals surface area contributed by atoms with Crippen LogP contribution in [0.5, 0.6) is 11.5 Å². The predicted octanol–water partition coefficient (Wildman–Crippen LogP) is 3.51. The molecule has 3 rings (SSSR count). The number of benzene rings is 2. The van der Waals surface area contributed by atoms with E-state index in [1.807, 2.05) is 36.4 Å². The number of hydrogen-bond donors (Lipinski definition) is 1. The number of aliphatic hydroxyl groups excluding tert-OH is 1. The highest BCUT2D eigenvalue weighted by Gasteiger charge is 2.18. The molecule has 1 heterocycles. The van der Waals surface area contributed by atoms with Crippen LogP contribution in [0.15, 0.2) is 55.1 Å². The van der Waals surface area contributed by atoms with Crippen LogP contribution < -0.4 is 14.4 Å². The highest BCUT2D eigenvalue weighted by molar-refractivity contribution is 5.46. The van der Waals surface area contributed by atoms with Crippen molar-refractivity contribution in [2.24, 2.45) is 0 Å². The second-order valence-electron chi connectivity index (χ2n) is 7.56. The normalized spacial score (nSPS) is 16.0. The average Bonchev–Trinajstić information content (AvgIpc) is 2.99. The number of rotatable bonds is 9. The van der Waals surface area contributed by atoms with Gasteiger partial charge < -0.3 is 19.5 Å². The Bertz CT molecular complexity index is 813. The molecule has 0 aromatic heterocycles. The molecule has 2 aromatic rings. The molecule has 0 spiro atoms. The lowest BCUT2D eigenvalue weighted by molar-refractivity contribution is 0.0694. The Labute approximate surface area is 178 Å². The molecule has 0 aliphatic carbocycles. The first-order chi connectivity index (χ1) is 14.6. The molecule has 0 saturated carbocycles. The summed E-state index contributed by atoms with van der Waals surface area (Å²) in [6.45, 7) is 8.02. The molecule has 30 heavy (non-hydrogen) atoms. The summed E-state index contributed by atoms with van der Waals surface area (Å²) >= 11 is 0. The van der Waals surface area contributed by atoms with Crippen LogP contribution in [0.4, 0.5) is 10.1 Å². The Morgan fingerprint density at radius 2 is 1.90 bits per heavy atom. The number of nitrogens with zero attached hydrogens (tertiary/aromatic N) is 2. The van der Waals surface area contributed by atoms with Gasteiger partial charge in [0.05, 0.1) is 7.11 Å². The number of ether oxygens (including phenoxy) is 2. The molecule has 1 atom stereocenters. The lowest BCUT2D eigenvalue weighted by Gasteiger charge is -2.25. The molecular weight excluding hydrogens is 383 g/mol. The lowest BCUT2D eigenvalue weighted by atomic mass is 10.1. The predicted molar refractivity (Wildman–Crippen MR) is 118 cm³/mol. The van der Waals surface area contributed by atoms with Gasteiger partial charge in [-0.3, -0.25) is 4.90 Å². The zero-order valence-corrected chi connectivity index (χ0v) is 17.6. The monoisotopic (exact) mass is 414 g/mol. The van der Waals surface area contributed by atoms with E-state index in [4.69, 9.17) is 9.47 Å². The van der Waals surface area contributed by atoms with Crippen molar-refractivity contribution in [3.63, 3.8) is 0 Å². The van der Waals surface area contributed by atoms with Crippen LogP contribution in [0.1, 0.15) is 12.0 Å². The van der Waals surface area contributed by atoms with E-state index in [2.05, 4.69) is 16.4 Å². The Kier molecular flexibility index (Phi) is 8.11. The summed E-state index contributed by atoms with van der Waals surface area (Å²) in [6, 6.07) is 12.4. The maximum Gasteiger partial charge on any atom is 0.161 e. The van der Waals surface area contributed by atoms with Gasteiger partial charge in [0, 0.05) is 31.9 Å². The molecule has 1 saturated heterocycles. The molecule has 0 bridgehead atoms.